The second-order valence-corrected chi connectivity index (χ2v) is 6.71. The van der Waals surface area contributed by atoms with Gasteiger partial charge in [-0.3, -0.25) is 0 Å². The second-order valence-electron chi connectivity index (χ2n) is 5.19. The van der Waals surface area contributed by atoms with Crippen LogP contribution in [0.3, 0.4) is 0 Å². The molecule has 0 aliphatic carbocycles. The lowest BCUT2D eigenvalue weighted by Gasteiger charge is -2.14. The minimum absolute atomic E-state index is 0.0538. The Balaban J connectivity index is 2.17. The molecule has 2 rings (SSSR count). The fraction of sp³-hybridized carbons (Fsp3) is 0.294. The van der Waals surface area contributed by atoms with E-state index in [0.29, 0.717) is 22.9 Å². The highest BCUT2D eigenvalue weighted by Crippen LogP contribution is 2.31. The van der Waals surface area contributed by atoms with Crippen LogP contribution >= 0.6 is 27.5 Å². The number of rotatable bonds is 4. The van der Waals surface area contributed by atoms with Gasteiger partial charge in [0, 0.05) is 15.4 Å². The van der Waals surface area contributed by atoms with E-state index in [1.54, 1.807) is 12.1 Å². The van der Waals surface area contributed by atoms with Gasteiger partial charge in [0.15, 0.2) is 0 Å². The van der Waals surface area contributed by atoms with Crippen LogP contribution in [-0.2, 0) is 6.42 Å². The highest BCUT2D eigenvalue weighted by molar-refractivity contribution is 9.09. The lowest BCUT2D eigenvalue weighted by molar-refractivity contribution is 0.608. The van der Waals surface area contributed by atoms with Crippen molar-refractivity contribution in [1.29, 1.82) is 0 Å². The van der Waals surface area contributed by atoms with E-state index in [1.165, 1.54) is 11.6 Å². The van der Waals surface area contributed by atoms with Crippen molar-refractivity contribution in [2.45, 2.75) is 31.0 Å². The third-order valence-corrected chi connectivity index (χ3v) is 4.62. The average Bonchev–Trinajstić information content (AvgIpc) is 2.43. The van der Waals surface area contributed by atoms with E-state index in [-0.39, 0.29) is 10.6 Å². The lowest BCUT2D eigenvalue weighted by atomic mass is 9.99. The normalized spacial score (nSPS) is 12.7. The molecule has 0 aliphatic heterocycles. The van der Waals surface area contributed by atoms with Crippen LogP contribution in [0.1, 0.15) is 41.3 Å². The molecule has 0 saturated carbocycles. The van der Waals surface area contributed by atoms with Gasteiger partial charge in [0.05, 0.1) is 0 Å². The number of alkyl halides is 1. The fourth-order valence-electron chi connectivity index (χ4n) is 2.11. The highest BCUT2D eigenvalue weighted by Gasteiger charge is 2.14. The van der Waals surface area contributed by atoms with Crippen LogP contribution in [0, 0.1) is 5.82 Å². The molecular formula is C17H17BrClF. The van der Waals surface area contributed by atoms with Gasteiger partial charge in [-0.1, -0.05) is 71.7 Å². The van der Waals surface area contributed by atoms with Gasteiger partial charge >= 0.3 is 0 Å². The fourth-order valence-corrected chi connectivity index (χ4v) is 2.98. The molecule has 0 bridgehead atoms. The molecule has 0 aliphatic rings. The summed E-state index contributed by atoms with van der Waals surface area (Å²) >= 11 is 9.69. The first kappa shape index (κ1) is 15.5. The molecule has 20 heavy (non-hydrogen) atoms. The Hall–Kier alpha value is -0.860. The van der Waals surface area contributed by atoms with Crippen LogP contribution in [0.25, 0.3) is 0 Å². The van der Waals surface area contributed by atoms with Gasteiger partial charge in [-0.15, -0.1) is 0 Å². The molecule has 0 N–H and O–H groups in total. The van der Waals surface area contributed by atoms with Gasteiger partial charge in [-0.25, -0.2) is 4.39 Å². The van der Waals surface area contributed by atoms with Crippen molar-refractivity contribution in [2.24, 2.45) is 0 Å². The van der Waals surface area contributed by atoms with Gasteiger partial charge in [0.25, 0.3) is 0 Å². The highest BCUT2D eigenvalue weighted by atomic mass is 79.9. The van der Waals surface area contributed by atoms with Gasteiger partial charge in [0.2, 0.25) is 0 Å². The van der Waals surface area contributed by atoms with E-state index in [2.05, 4.69) is 54.0 Å². The van der Waals surface area contributed by atoms with Crippen LogP contribution < -0.4 is 0 Å². The van der Waals surface area contributed by atoms with Crippen LogP contribution in [0.15, 0.2) is 42.5 Å². The molecular weight excluding hydrogens is 339 g/mol. The van der Waals surface area contributed by atoms with Gasteiger partial charge < -0.3 is 0 Å². The Kier molecular flexibility index (Phi) is 5.22. The Morgan fingerprint density at radius 2 is 1.65 bits per heavy atom. The topological polar surface area (TPSA) is 0 Å². The van der Waals surface area contributed by atoms with E-state index in [4.69, 9.17) is 11.6 Å². The largest absolute Gasteiger partial charge is 0.207 e. The number of hydrogen-bond acceptors (Lipinski definition) is 0. The zero-order valence-corrected chi connectivity index (χ0v) is 13.9. The first-order valence-electron chi connectivity index (χ1n) is 6.66. The van der Waals surface area contributed by atoms with Crippen LogP contribution in [0.4, 0.5) is 4.39 Å². The van der Waals surface area contributed by atoms with Crippen LogP contribution in [0.2, 0.25) is 5.02 Å². The summed E-state index contributed by atoms with van der Waals surface area (Å²) in [4.78, 5) is 0.0538. The molecule has 0 aromatic heterocycles. The van der Waals surface area contributed by atoms with Crippen molar-refractivity contribution in [1.82, 2.24) is 0 Å². The summed E-state index contributed by atoms with van der Waals surface area (Å²) in [5, 5.41) is 0.480. The Labute approximate surface area is 133 Å². The number of benzene rings is 2. The first-order valence-corrected chi connectivity index (χ1v) is 7.95. The maximum absolute atomic E-state index is 13.8. The summed E-state index contributed by atoms with van der Waals surface area (Å²) in [5.41, 5.74) is 3.00. The minimum Gasteiger partial charge on any atom is -0.207 e. The van der Waals surface area contributed by atoms with Crippen molar-refractivity contribution >= 4 is 27.5 Å². The lowest BCUT2D eigenvalue weighted by Crippen LogP contribution is -1.99. The molecule has 106 valence electrons. The molecule has 1 unspecified atom stereocenters. The molecule has 0 nitrogen and oxygen atoms in total. The predicted octanol–water partition coefficient (Wildman–Crippen LogP) is 6.28. The average molecular weight is 356 g/mol. The Morgan fingerprint density at radius 3 is 2.20 bits per heavy atom. The van der Waals surface area contributed by atoms with E-state index >= 15 is 0 Å². The monoisotopic (exact) mass is 354 g/mol. The van der Waals surface area contributed by atoms with E-state index in [1.807, 2.05) is 0 Å². The van der Waals surface area contributed by atoms with Crippen LogP contribution in [-0.4, -0.2) is 0 Å². The molecule has 1 atom stereocenters. The molecule has 2 aromatic rings. The molecule has 0 fully saturated rings. The van der Waals surface area contributed by atoms with Crippen molar-refractivity contribution in [3.8, 4) is 0 Å². The number of halogens is 3. The SMILES string of the molecule is CC(C)c1ccc(C(Br)Cc2c(F)cccc2Cl)cc1. The third-order valence-electron chi connectivity index (χ3n) is 3.41. The zero-order chi connectivity index (χ0) is 14.7. The third kappa shape index (κ3) is 3.62. The van der Waals surface area contributed by atoms with Crippen molar-refractivity contribution < 1.29 is 4.39 Å². The van der Waals surface area contributed by atoms with Crippen LogP contribution in [0.5, 0.6) is 0 Å². The number of hydrogen-bond donors (Lipinski definition) is 0. The van der Waals surface area contributed by atoms with Crippen molar-refractivity contribution in [3.05, 3.63) is 70.0 Å². The minimum atomic E-state index is -0.249. The predicted molar refractivity (Wildman–Crippen MR) is 87.3 cm³/mol. The maximum atomic E-state index is 13.8. The van der Waals surface area contributed by atoms with E-state index in [0.717, 1.165) is 5.56 Å². The molecule has 0 heterocycles. The summed E-state index contributed by atoms with van der Waals surface area (Å²) in [6.45, 7) is 4.33. The summed E-state index contributed by atoms with van der Waals surface area (Å²) in [6.07, 6.45) is 0.534. The summed E-state index contributed by atoms with van der Waals surface area (Å²) in [6, 6.07) is 13.2. The summed E-state index contributed by atoms with van der Waals surface area (Å²) in [5.74, 6) is 0.264. The van der Waals surface area contributed by atoms with Gasteiger partial charge in [-0.2, -0.15) is 0 Å². The van der Waals surface area contributed by atoms with E-state index < -0.39 is 0 Å². The molecule has 0 radical (unpaired) electrons. The molecule has 2 aromatic carbocycles. The summed E-state index contributed by atoms with van der Waals surface area (Å²) < 4.78 is 13.8. The maximum Gasteiger partial charge on any atom is 0.127 e. The zero-order valence-electron chi connectivity index (χ0n) is 11.5. The second kappa shape index (κ2) is 6.73. The Morgan fingerprint density at radius 1 is 1.05 bits per heavy atom. The quantitative estimate of drug-likeness (QED) is 0.566. The molecule has 3 heteroatoms. The van der Waals surface area contributed by atoms with Gasteiger partial charge in [-0.05, 0) is 35.6 Å². The Bertz CT molecular complexity index is 558. The molecule has 0 amide bonds. The summed E-state index contributed by atoms with van der Waals surface area (Å²) in [7, 11) is 0. The first-order chi connectivity index (χ1) is 9.49. The van der Waals surface area contributed by atoms with Gasteiger partial charge in [0.1, 0.15) is 5.82 Å². The molecule has 0 spiro atoms. The van der Waals surface area contributed by atoms with E-state index in [9.17, 15) is 4.39 Å². The molecule has 0 saturated heterocycles. The van der Waals surface area contributed by atoms with Crippen molar-refractivity contribution in [3.63, 3.8) is 0 Å². The smallest absolute Gasteiger partial charge is 0.127 e. The standard InChI is InChI=1S/C17H17BrClF/c1-11(2)12-6-8-13(9-7-12)15(18)10-14-16(19)4-3-5-17(14)20/h3-9,11,15H,10H2,1-2H3. The van der Waals surface area contributed by atoms with Crippen molar-refractivity contribution in [2.75, 3.05) is 0 Å².